The van der Waals surface area contributed by atoms with E-state index < -0.39 is 5.60 Å². The van der Waals surface area contributed by atoms with Crippen LogP contribution >= 0.6 is 0 Å². The predicted octanol–water partition coefficient (Wildman–Crippen LogP) is 7.12. The van der Waals surface area contributed by atoms with Crippen molar-refractivity contribution in [1.29, 1.82) is 0 Å². The molecule has 0 aliphatic carbocycles. The maximum absolute atomic E-state index is 12.6. The van der Waals surface area contributed by atoms with Gasteiger partial charge < -0.3 is 15.4 Å². The summed E-state index contributed by atoms with van der Waals surface area (Å²) in [5, 5.41) is 0. The largest absolute Gasteiger partial charge is 0.444 e. The molecule has 5 aromatic rings. The number of nitrogen functional groups attached to an aromatic ring is 1. The molecule has 1 saturated heterocycles. The molecule has 4 heterocycles. The Morgan fingerprint density at radius 1 is 0.956 bits per heavy atom. The summed E-state index contributed by atoms with van der Waals surface area (Å²) in [5.74, 6) is 1.12. The molecule has 1 aliphatic rings. The number of amides is 1. The van der Waals surface area contributed by atoms with E-state index in [1.807, 2.05) is 70.3 Å². The SMILES string of the molecule is CC(c1ccc(-n2c(-c3cccnc3N)nc3ccc(-c4ccccc4)nc32)cc1)N1CCC(N(C)C(=O)OC(C)(C)C)CC1. The number of rotatable bonds is 6. The third-order valence-electron chi connectivity index (χ3n) is 8.56. The summed E-state index contributed by atoms with van der Waals surface area (Å²) in [7, 11) is 1.85. The fourth-order valence-electron chi connectivity index (χ4n) is 6.01. The number of pyridine rings is 2. The van der Waals surface area contributed by atoms with Crippen LogP contribution in [0.15, 0.2) is 85.1 Å². The van der Waals surface area contributed by atoms with Gasteiger partial charge in [-0.2, -0.15) is 0 Å². The molecule has 2 aromatic carbocycles. The molecule has 1 unspecified atom stereocenters. The van der Waals surface area contributed by atoms with Crippen molar-refractivity contribution in [3.8, 4) is 28.3 Å². The Morgan fingerprint density at radius 2 is 1.67 bits per heavy atom. The zero-order valence-corrected chi connectivity index (χ0v) is 26.6. The Labute approximate surface area is 264 Å². The van der Waals surface area contributed by atoms with Gasteiger partial charge in [0.2, 0.25) is 0 Å². The second-order valence-electron chi connectivity index (χ2n) is 12.7. The van der Waals surface area contributed by atoms with Crippen molar-refractivity contribution < 1.29 is 9.53 Å². The highest BCUT2D eigenvalue weighted by molar-refractivity contribution is 5.84. The average Bonchev–Trinajstić information content (AvgIpc) is 3.42. The number of aromatic nitrogens is 4. The van der Waals surface area contributed by atoms with E-state index in [4.69, 9.17) is 20.4 Å². The van der Waals surface area contributed by atoms with E-state index in [0.717, 1.165) is 59.6 Å². The topological polar surface area (TPSA) is 102 Å². The minimum Gasteiger partial charge on any atom is -0.444 e. The van der Waals surface area contributed by atoms with Crippen molar-refractivity contribution in [1.82, 2.24) is 29.3 Å². The van der Waals surface area contributed by atoms with Gasteiger partial charge in [-0.3, -0.25) is 9.47 Å². The van der Waals surface area contributed by atoms with Crippen molar-refractivity contribution in [3.63, 3.8) is 0 Å². The van der Waals surface area contributed by atoms with Crippen molar-refractivity contribution in [2.24, 2.45) is 0 Å². The summed E-state index contributed by atoms with van der Waals surface area (Å²) in [6.07, 6.45) is 3.25. The molecule has 0 bridgehead atoms. The quantitative estimate of drug-likeness (QED) is 0.220. The lowest BCUT2D eigenvalue weighted by Gasteiger charge is -2.39. The summed E-state index contributed by atoms with van der Waals surface area (Å²) in [5.41, 5.74) is 12.2. The summed E-state index contributed by atoms with van der Waals surface area (Å²) >= 11 is 0. The fourth-order valence-corrected chi connectivity index (χ4v) is 6.01. The smallest absolute Gasteiger partial charge is 0.410 e. The highest BCUT2D eigenvalue weighted by Gasteiger charge is 2.30. The van der Waals surface area contributed by atoms with Gasteiger partial charge in [0, 0.05) is 49.7 Å². The molecule has 6 rings (SSSR count). The second kappa shape index (κ2) is 12.3. The van der Waals surface area contributed by atoms with Gasteiger partial charge in [0.05, 0.1) is 11.3 Å². The van der Waals surface area contributed by atoms with Crippen LogP contribution in [0.5, 0.6) is 0 Å². The van der Waals surface area contributed by atoms with Gasteiger partial charge in [-0.25, -0.2) is 19.7 Å². The van der Waals surface area contributed by atoms with Gasteiger partial charge >= 0.3 is 6.09 Å². The van der Waals surface area contributed by atoms with E-state index in [2.05, 4.69) is 57.8 Å². The number of nitrogens with zero attached hydrogens (tertiary/aromatic N) is 6. The number of fused-ring (bicyclic) bond motifs is 1. The monoisotopic (exact) mass is 603 g/mol. The molecule has 0 spiro atoms. The number of imidazole rings is 1. The van der Waals surface area contributed by atoms with Crippen LogP contribution in [0.1, 0.15) is 52.1 Å². The van der Waals surface area contributed by atoms with E-state index >= 15 is 0 Å². The van der Waals surface area contributed by atoms with Crippen LogP contribution < -0.4 is 5.73 Å². The van der Waals surface area contributed by atoms with Crippen LogP contribution in [-0.2, 0) is 4.74 Å². The summed E-state index contributed by atoms with van der Waals surface area (Å²) < 4.78 is 7.66. The standard InChI is InChI=1S/C36H41N7O2/c1-24(42-22-19-27(20-23-42)41(5)35(44)45-36(2,3)4)25-13-15-28(16-14-25)43-33(29-12-9-21-38-32(29)37)40-31-18-17-30(39-34(31)43)26-10-7-6-8-11-26/h6-18,21,24,27H,19-20,22-23H2,1-5H3,(H2,37,38). The summed E-state index contributed by atoms with van der Waals surface area (Å²) in [6.45, 7) is 9.76. The molecule has 1 amide bonds. The molecular formula is C36H41N7O2. The van der Waals surface area contributed by atoms with Crippen LogP contribution in [0.2, 0.25) is 0 Å². The number of hydrogen-bond acceptors (Lipinski definition) is 7. The first kappa shape index (κ1) is 30.3. The number of ether oxygens (including phenoxy) is 1. The van der Waals surface area contributed by atoms with E-state index in [9.17, 15) is 4.79 Å². The highest BCUT2D eigenvalue weighted by atomic mass is 16.6. The molecule has 0 saturated carbocycles. The summed E-state index contributed by atoms with van der Waals surface area (Å²) in [6, 6.07) is 27.0. The number of hydrogen-bond donors (Lipinski definition) is 1. The lowest BCUT2D eigenvalue weighted by atomic mass is 9.99. The number of anilines is 1. The highest BCUT2D eigenvalue weighted by Crippen LogP contribution is 2.33. The zero-order valence-electron chi connectivity index (χ0n) is 26.6. The molecular weight excluding hydrogens is 562 g/mol. The van der Waals surface area contributed by atoms with Crippen LogP contribution in [0.4, 0.5) is 10.6 Å². The molecule has 1 fully saturated rings. The lowest BCUT2D eigenvalue weighted by molar-refractivity contribution is 0.0133. The van der Waals surface area contributed by atoms with E-state index in [1.165, 1.54) is 5.56 Å². The number of carbonyl (C=O) groups is 1. The Hall–Kier alpha value is -4.76. The lowest BCUT2D eigenvalue weighted by Crippen LogP contribution is -2.47. The van der Waals surface area contributed by atoms with Crippen molar-refractivity contribution >= 4 is 23.1 Å². The van der Waals surface area contributed by atoms with Crippen LogP contribution in [0.3, 0.4) is 0 Å². The number of benzene rings is 2. The van der Waals surface area contributed by atoms with Gasteiger partial charge in [-0.1, -0.05) is 42.5 Å². The van der Waals surface area contributed by atoms with E-state index in [1.54, 1.807) is 11.1 Å². The van der Waals surface area contributed by atoms with Crippen molar-refractivity contribution in [2.75, 3.05) is 25.9 Å². The Balaban J connectivity index is 1.26. The molecule has 1 atom stereocenters. The molecule has 2 N–H and O–H groups in total. The molecule has 1 aliphatic heterocycles. The van der Waals surface area contributed by atoms with Crippen LogP contribution in [-0.4, -0.2) is 67.2 Å². The van der Waals surface area contributed by atoms with Gasteiger partial charge in [-0.05, 0) is 82.5 Å². The minimum absolute atomic E-state index is 0.173. The molecule has 45 heavy (non-hydrogen) atoms. The van der Waals surface area contributed by atoms with E-state index in [-0.39, 0.29) is 18.2 Å². The molecule has 9 heteroatoms. The fraction of sp³-hybridized carbons (Fsp3) is 0.333. The number of carbonyl (C=O) groups excluding carboxylic acids is 1. The van der Waals surface area contributed by atoms with Crippen LogP contribution in [0, 0.1) is 0 Å². The maximum Gasteiger partial charge on any atom is 0.410 e. The Kier molecular flexibility index (Phi) is 8.29. The first-order valence-corrected chi connectivity index (χ1v) is 15.5. The Bertz CT molecular complexity index is 1790. The van der Waals surface area contributed by atoms with Crippen LogP contribution in [0.25, 0.3) is 39.5 Å². The normalized spacial score (nSPS) is 15.2. The average molecular weight is 604 g/mol. The zero-order chi connectivity index (χ0) is 31.7. The Morgan fingerprint density at radius 3 is 2.33 bits per heavy atom. The molecule has 232 valence electrons. The predicted molar refractivity (Wildman–Crippen MR) is 179 cm³/mol. The molecule has 3 aromatic heterocycles. The number of nitrogens with two attached hydrogens (primary N) is 1. The van der Waals surface area contributed by atoms with E-state index in [0.29, 0.717) is 11.6 Å². The van der Waals surface area contributed by atoms with Gasteiger partial charge in [0.25, 0.3) is 0 Å². The number of likely N-dealkylation sites (tertiary alicyclic amines) is 1. The minimum atomic E-state index is -0.499. The first-order valence-electron chi connectivity index (χ1n) is 15.5. The maximum atomic E-state index is 12.6. The summed E-state index contributed by atoms with van der Waals surface area (Å²) in [4.78, 5) is 31.2. The van der Waals surface area contributed by atoms with Gasteiger partial charge in [0.15, 0.2) is 11.5 Å². The van der Waals surface area contributed by atoms with Gasteiger partial charge in [-0.15, -0.1) is 0 Å². The van der Waals surface area contributed by atoms with Gasteiger partial charge in [0.1, 0.15) is 16.9 Å². The second-order valence-corrected chi connectivity index (χ2v) is 12.7. The molecule has 9 nitrogen and oxygen atoms in total. The van der Waals surface area contributed by atoms with Crippen molar-refractivity contribution in [2.45, 2.75) is 58.2 Å². The number of piperidine rings is 1. The third-order valence-corrected chi connectivity index (χ3v) is 8.56. The first-order chi connectivity index (χ1) is 21.6. The third kappa shape index (κ3) is 6.40. The molecule has 0 radical (unpaired) electrons. The van der Waals surface area contributed by atoms with Crippen molar-refractivity contribution in [3.05, 3.63) is 90.6 Å².